The van der Waals surface area contributed by atoms with Crippen molar-refractivity contribution in [1.82, 2.24) is 4.90 Å². The van der Waals surface area contributed by atoms with E-state index >= 15 is 0 Å². The van der Waals surface area contributed by atoms with Gasteiger partial charge in [0.1, 0.15) is 0 Å². The maximum absolute atomic E-state index is 12.3. The van der Waals surface area contributed by atoms with Gasteiger partial charge in [0.05, 0.1) is 6.10 Å². The third kappa shape index (κ3) is 4.28. The van der Waals surface area contributed by atoms with Crippen LogP contribution in [0.15, 0.2) is 0 Å². The van der Waals surface area contributed by atoms with Crippen molar-refractivity contribution in [2.45, 2.75) is 45.3 Å². The highest BCUT2D eigenvalue weighted by atomic mass is 16.5. The highest BCUT2D eigenvalue weighted by Crippen LogP contribution is 2.29. The van der Waals surface area contributed by atoms with E-state index < -0.39 is 0 Å². The van der Waals surface area contributed by atoms with Gasteiger partial charge in [-0.25, -0.2) is 0 Å². The van der Waals surface area contributed by atoms with Gasteiger partial charge in [0.25, 0.3) is 0 Å². The second-order valence-electron chi connectivity index (χ2n) is 5.53. The molecule has 0 heterocycles. The summed E-state index contributed by atoms with van der Waals surface area (Å²) in [5, 5.41) is 0. The number of ether oxygens (including phenoxy) is 1. The lowest BCUT2D eigenvalue weighted by molar-refractivity contribution is -0.137. The minimum Gasteiger partial charge on any atom is -0.380 e. The zero-order valence-corrected chi connectivity index (χ0v) is 11.5. The molecule has 0 radical (unpaired) electrons. The Bertz CT molecular complexity index is 248. The van der Waals surface area contributed by atoms with Crippen LogP contribution in [0.1, 0.15) is 33.1 Å². The third-order valence-corrected chi connectivity index (χ3v) is 3.64. The molecule has 1 amide bonds. The molecule has 1 aliphatic carbocycles. The standard InChI is InChI=1S/C13H26N2O2/c1-9-5-11(7-12(14)6-9)13(16)15(3)8-10(2)17-4/h9-12H,5-8,14H2,1-4H3. The number of rotatable bonds is 4. The lowest BCUT2D eigenvalue weighted by atomic mass is 9.79. The van der Waals surface area contributed by atoms with E-state index in [1.54, 1.807) is 12.0 Å². The second-order valence-corrected chi connectivity index (χ2v) is 5.53. The van der Waals surface area contributed by atoms with E-state index in [2.05, 4.69) is 6.92 Å². The highest BCUT2D eigenvalue weighted by Gasteiger charge is 2.31. The number of amides is 1. The molecule has 0 aromatic rings. The topological polar surface area (TPSA) is 55.6 Å². The largest absolute Gasteiger partial charge is 0.380 e. The van der Waals surface area contributed by atoms with Crippen molar-refractivity contribution >= 4 is 5.91 Å². The van der Waals surface area contributed by atoms with Crippen LogP contribution in [-0.4, -0.2) is 43.7 Å². The highest BCUT2D eigenvalue weighted by molar-refractivity contribution is 5.78. The summed E-state index contributed by atoms with van der Waals surface area (Å²) in [5.74, 6) is 0.875. The van der Waals surface area contributed by atoms with Gasteiger partial charge >= 0.3 is 0 Å². The van der Waals surface area contributed by atoms with Crippen molar-refractivity contribution in [2.75, 3.05) is 20.7 Å². The van der Waals surface area contributed by atoms with Crippen LogP contribution < -0.4 is 5.73 Å². The first-order chi connectivity index (χ1) is 7.93. The monoisotopic (exact) mass is 242 g/mol. The maximum atomic E-state index is 12.3. The molecule has 0 bridgehead atoms. The Hall–Kier alpha value is -0.610. The molecule has 0 aromatic carbocycles. The first kappa shape index (κ1) is 14.5. The normalized spacial score (nSPS) is 31.0. The average Bonchev–Trinajstić information content (AvgIpc) is 2.26. The lowest BCUT2D eigenvalue weighted by Crippen LogP contribution is -2.43. The van der Waals surface area contributed by atoms with Crippen molar-refractivity contribution in [3.05, 3.63) is 0 Å². The molecule has 0 aliphatic heterocycles. The first-order valence-electron chi connectivity index (χ1n) is 6.47. The van der Waals surface area contributed by atoms with Gasteiger partial charge in [-0.05, 0) is 32.1 Å². The summed E-state index contributed by atoms with van der Waals surface area (Å²) in [6.45, 7) is 4.80. The number of carbonyl (C=O) groups is 1. The van der Waals surface area contributed by atoms with Crippen LogP contribution in [-0.2, 0) is 9.53 Å². The quantitative estimate of drug-likeness (QED) is 0.807. The Balaban J connectivity index is 2.50. The fraction of sp³-hybridized carbons (Fsp3) is 0.923. The van der Waals surface area contributed by atoms with Crippen LogP contribution in [0.2, 0.25) is 0 Å². The molecular formula is C13H26N2O2. The number of hydrogen-bond donors (Lipinski definition) is 1. The van der Waals surface area contributed by atoms with Crippen molar-refractivity contribution in [2.24, 2.45) is 17.6 Å². The van der Waals surface area contributed by atoms with Crippen molar-refractivity contribution in [1.29, 1.82) is 0 Å². The van der Waals surface area contributed by atoms with Gasteiger partial charge in [-0.3, -0.25) is 4.79 Å². The Morgan fingerprint density at radius 1 is 1.47 bits per heavy atom. The van der Waals surface area contributed by atoms with E-state index in [-0.39, 0.29) is 24.0 Å². The smallest absolute Gasteiger partial charge is 0.225 e. The number of methoxy groups -OCH3 is 1. The number of nitrogens with zero attached hydrogens (tertiary/aromatic N) is 1. The molecule has 4 atom stereocenters. The van der Waals surface area contributed by atoms with Crippen molar-refractivity contribution < 1.29 is 9.53 Å². The molecule has 0 aromatic heterocycles. The van der Waals surface area contributed by atoms with E-state index in [0.717, 1.165) is 19.3 Å². The fourth-order valence-corrected chi connectivity index (χ4v) is 2.72. The molecule has 100 valence electrons. The van der Waals surface area contributed by atoms with E-state index in [1.165, 1.54) is 0 Å². The second kappa shape index (κ2) is 6.36. The summed E-state index contributed by atoms with van der Waals surface area (Å²) in [6, 6.07) is 0.181. The van der Waals surface area contributed by atoms with Crippen molar-refractivity contribution in [3.8, 4) is 0 Å². The van der Waals surface area contributed by atoms with Gasteiger partial charge in [-0.1, -0.05) is 6.92 Å². The first-order valence-corrected chi connectivity index (χ1v) is 6.47. The summed E-state index contributed by atoms with van der Waals surface area (Å²) >= 11 is 0. The zero-order chi connectivity index (χ0) is 13.0. The summed E-state index contributed by atoms with van der Waals surface area (Å²) in [6.07, 6.45) is 2.92. The summed E-state index contributed by atoms with van der Waals surface area (Å²) in [5.41, 5.74) is 5.99. The SMILES string of the molecule is COC(C)CN(C)C(=O)C1CC(C)CC(N)C1. The maximum Gasteiger partial charge on any atom is 0.225 e. The molecule has 2 N–H and O–H groups in total. The molecule has 17 heavy (non-hydrogen) atoms. The minimum absolute atomic E-state index is 0.0821. The molecule has 4 unspecified atom stereocenters. The van der Waals surface area contributed by atoms with E-state index in [1.807, 2.05) is 14.0 Å². The van der Waals surface area contributed by atoms with Gasteiger partial charge in [-0.15, -0.1) is 0 Å². The Morgan fingerprint density at radius 3 is 2.65 bits per heavy atom. The van der Waals surface area contributed by atoms with Crippen molar-refractivity contribution in [3.63, 3.8) is 0 Å². The van der Waals surface area contributed by atoms with Gasteiger partial charge < -0.3 is 15.4 Å². The number of likely N-dealkylation sites (N-methyl/N-ethyl adjacent to an activating group) is 1. The summed E-state index contributed by atoms with van der Waals surface area (Å²) in [7, 11) is 3.52. The Labute approximate surface area is 104 Å². The number of hydrogen-bond acceptors (Lipinski definition) is 3. The Kier molecular flexibility index (Phi) is 5.40. The molecule has 0 saturated heterocycles. The molecule has 0 spiro atoms. The van der Waals surface area contributed by atoms with E-state index in [0.29, 0.717) is 12.5 Å². The van der Waals surface area contributed by atoms with Gasteiger partial charge in [0, 0.05) is 32.7 Å². The molecule has 4 nitrogen and oxygen atoms in total. The number of carbonyl (C=O) groups excluding carboxylic acids is 1. The van der Waals surface area contributed by atoms with E-state index in [9.17, 15) is 4.79 Å². The minimum atomic E-state index is 0.0821. The van der Waals surface area contributed by atoms with Gasteiger partial charge in [-0.2, -0.15) is 0 Å². The molecule has 1 aliphatic rings. The van der Waals surface area contributed by atoms with Crippen LogP contribution in [0, 0.1) is 11.8 Å². The van der Waals surface area contributed by atoms with E-state index in [4.69, 9.17) is 10.5 Å². The fourth-order valence-electron chi connectivity index (χ4n) is 2.72. The Morgan fingerprint density at radius 2 is 2.12 bits per heavy atom. The summed E-state index contributed by atoms with van der Waals surface area (Å²) < 4.78 is 5.18. The molecule has 1 rings (SSSR count). The van der Waals surface area contributed by atoms with Crippen LogP contribution >= 0.6 is 0 Å². The lowest BCUT2D eigenvalue weighted by Gasteiger charge is -2.33. The predicted molar refractivity (Wildman–Crippen MR) is 68.6 cm³/mol. The summed E-state index contributed by atoms with van der Waals surface area (Å²) in [4.78, 5) is 14.0. The van der Waals surface area contributed by atoms with Gasteiger partial charge in [0.15, 0.2) is 0 Å². The van der Waals surface area contributed by atoms with Crippen LogP contribution in [0.4, 0.5) is 0 Å². The third-order valence-electron chi connectivity index (χ3n) is 3.64. The molecule has 1 saturated carbocycles. The van der Waals surface area contributed by atoms with Crippen LogP contribution in [0.25, 0.3) is 0 Å². The molecule has 1 fully saturated rings. The number of nitrogens with two attached hydrogens (primary N) is 1. The molecule has 4 heteroatoms. The zero-order valence-electron chi connectivity index (χ0n) is 11.5. The van der Waals surface area contributed by atoms with Crippen LogP contribution in [0.5, 0.6) is 0 Å². The average molecular weight is 242 g/mol. The van der Waals surface area contributed by atoms with Gasteiger partial charge in [0.2, 0.25) is 5.91 Å². The predicted octanol–water partition coefficient (Wildman–Crippen LogP) is 1.24. The van der Waals surface area contributed by atoms with Crippen LogP contribution in [0.3, 0.4) is 0 Å². The molecular weight excluding hydrogens is 216 g/mol.